The fraction of sp³-hybridized carbons (Fsp3) is 0.667. The number of carbonyl (C=O) groups is 1. The molecule has 4 nitrogen and oxygen atoms in total. The van der Waals surface area contributed by atoms with Crippen LogP contribution in [0.15, 0.2) is 6.20 Å². The SMILES string of the molecule is CC1SCCSC1C(=O)c1cnn(C)n1. The number of hydrogen-bond acceptors (Lipinski definition) is 5. The van der Waals surface area contributed by atoms with Gasteiger partial charge in [0.05, 0.1) is 11.4 Å². The summed E-state index contributed by atoms with van der Waals surface area (Å²) in [7, 11) is 1.73. The van der Waals surface area contributed by atoms with Crippen LogP contribution in [0, 0.1) is 0 Å². The Labute approximate surface area is 97.2 Å². The molecule has 0 aromatic carbocycles. The largest absolute Gasteiger partial charge is 0.291 e. The van der Waals surface area contributed by atoms with Gasteiger partial charge >= 0.3 is 0 Å². The van der Waals surface area contributed by atoms with E-state index in [1.165, 1.54) is 4.80 Å². The molecular formula is C9H13N3OS2. The molecule has 1 aliphatic rings. The molecule has 2 rings (SSSR count). The number of rotatable bonds is 2. The standard InChI is InChI=1S/C9H13N3OS2/c1-6-9(15-4-3-14-6)8(13)7-5-10-12(2)11-7/h5-6,9H,3-4H2,1-2H3. The van der Waals surface area contributed by atoms with E-state index in [-0.39, 0.29) is 11.0 Å². The molecule has 15 heavy (non-hydrogen) atoms. The lowest BCUT2D eigenvalue weighted by atomic mass is 10.2. The number of nitrogens with zero attached hydrogens (tertiary/aromatic N) is 3. The number of aromatic nitrogens is 3. The summed E-state index contributed by atoms with van der Waals surface area (Å²) in [5.41, 5.74) is 0.490. The van der Waals surface area contributed by atoms with Gasteiger partial charge in [0.25, 0.3) is 0 Å². The van der Waals surface area contributed by atoms with Crippen molar-refractivity contribution in [2.75, 3.05) is 11.5 Å². The normalized spacial score (nSPS) is 26.5. The van der Waals surface area contributed by atoms with Gasteiger partial charge in [-0.15, -0.1) is 11.8 Å². The Morgan fingerprint density at radius 2 is 2.27 bits per heavy atom. The van der Waals surface area contributed by atoms with Gasteiger partial charge in [-0.25, -0.2) is 0 Å². The zero-order valence-corrected chi connectivity index (χ0v) is 10.3. The van der Waals surface area contributed by atoms with E-state index >= 15 is 0 Å². The highest BCUT2D eigenvalue weighted by atomic mass is 32.2. The zero-order valence-electron chi connectivity index (χ0n) is 8.71. The Hall–Kier alpha value is -0.490. The minimum Gasteiger partial charge on any atom is -0.291 e. The smallest absolute Gasteiger partial charge is 0.198 e. The fourth-order valence-corrected chi connectivity index (χ4v) is 4.23. The van der Waals surface area contributed by atoms with Gasteiger partial charge in [0.15, 0.2) is 5.78 Å². The molecule has 6 heteroatoms. The van der Waals surface area contributed by atoms with Gasteiger partial charge in [-0.2, -0.15) is 26.8 Å². The van der Waals surface area contributed by atoms with Crippen molar-refractivity contribution in [3.8, 4) is 0 Å². The molecule has 82 valence electrons. The maximum Gasteiger partial charge on any atom is 0.198 e. The molecule has 1 aromatic heterocycles. The molecular weight excluding hydrogens is 230 g/mol. The highest BCUT2D eigenvalue weighted by Gasteiger charge is 2.31. The van der Waals surface area contributed by atoms with Gasteiger partial charge in [-0.05, 0) is 0 Å². The summed E-state index contributed by atoms with van der Waals surface area (Å²) < 4.78 is 0. The van der Waals surface area contributed by atoms with Crippen molar-refractivity contribution < 1.29 is 4.79 Å². The van der Waals surface area contributed by atoms with Crippen LogP contribution >= 0.6 is 23.5 Å². The summed E-state index contributed by atoms with van der Waals surface area (Å²) in [6, 6.07) is 0. The number of aryl methyl sites for hydroxylation is 1. The van der Waals surface area contributed by atoms with E-state index < -0.39 is 0 Å². The fourth-order valence-electron chi connectivity index (χ4n) is 1.53. The molecule has 0 aliphatic carbocycles. The van der Waals surface area contributed by atoms with Crippen molar-refractivity contribution >= 4 is 29.3 Å². The molecule has 0 N–H and O–H groups in total. The summed E-state index contributed by atoms with van der Waals surface area (Å²) >= 11 is 3.60. The second-order valence-corrected chi connectivity index (χ2v) is 6.19. The molecule has 0 spiro atoms. The first kappa shape index (κ1) is 11.0. The topological polar surface area (TPSA) is 47.8 Å². The van der Waals surface area contributed by atoms with Crippen molar-refractivity contribution in [1.29, 1.82) is 0 Å². The van der Waals surface area contributed by atoms with Crippen LogP contribution in [0.2, 0.25) is 0 Å². The average Bonchev–Trinajstić information content (AvgIpc) is 2.65. The Morgan fingerprint density at radius 3 is 2.87 bits per heavy atom. The van der Waals surface area contributed by atoms with E-state index in [1.54, 1.807) is 25.0 Å². The Kier molecular flexibility index (Phi) is 3.35. The zero-order chi connectivity index (χ0) is 10.8. The van der Waals surface area contributed by atoms with E-state index in [9.17, 15) is 4.79 Å². The van der Waals surface area contributed by atoms with Crippen LogP contribution in [0.1, 0.15) is 17.4 Å². The number of carbonyl (C=O) groups excluding carboxylic acids is 1. The van der Waals surface area contributed by atoms with E-state index in [4.69, 9.17) is 0 Å². The number of Topliss-reactive ketones (excluding diaryl/α,β-unsaturated/α-hetero) is 1. The first-order valence-electron chi connectivity index (χ1n) is 4.82. The number of thioether (sulfide) groups is 2. The van der Waals surface area contributed by atoms with Gasteiger partial charge in [0, 0.05) is 23.8 Å². The van der Waals surface area contributed by atoms with Gasteiger partial charge in [0.2, 0.25) is 0 Å². The summed E-state index contributed by atoms with van der Waals surface area (Å²) in [5, 5.41) is 8.40. The molecule has 2 atom stereocenters. The molecule has 1 aromatic rings. The van der Waals surface area contributed by atoms with Crippen LogP contribution in [0.3, 0.4) is 0 Å². The van der Waals surface area contributed by atoms with E-state index in [2.05, 4.69) is 17.1 Å². The Bertz CT molecular complexity index is 366. The van der Waals surface area contributed by atoms with E-state index in [0.29, 0.717) is 10.9 Å². The molecule has 0 bridgehead atoms. The van der Waals surface area contributed by atoms with Crippen LogP contribution < -0.4 is 0 Å². The first-order chi connectivity index (χ1) is 7.18. The number of hydrogen-bond donors (Lipinski definition) is 0. The second-order valence-electron chi connectivity index (χ2n) is 3.45. The van der Waals surface area contributed by atoms with E-state index in [0.717, 1.165) is 11.5 Å². The highest BCUT2D eigenvalue weighted by molar-refractivity contribution is 8.07. The van der Waals surface area contributed by atoms with Crippen molar-refractivity contribution in [1.82, 2.24) is 15.0 Å². The van der Waals surface area contributed by atoms with Crippen molar-refractivity contribution in [2.45, 2.75) is 17.4 Å². The molecule has 1 aliphatic heterocycles. The van der Waals surface area contributed by atoms with Crippen LogP contribution in [0.25, 0.3) is 0 Å². The predicted octanol–water partition coefficient (Wildman–Crippen LogP) is 1.23. The third-order valence-electron chi connectivity index (χ3n) is 2.30. The Morgan fingerprint density at radius 1 is 1.53 bits per heavy atom. The van der Waals surface area contributed by atoms with Gasteiger partial charge in [-0.1, -0.05) is 6.92 Å². The van der Waals surface area contributed by atoms with Crippen molar-refractivity contribution in [3.05, 3.63) is 11.9 Å². The number of ketones is 1. The van der Waals surface area contributed by atoms with E-state index in [1.807, 2.05) is 11.8 Å². The summed E-state index contributed by atoms with van der Waals surface area (Å²) in [4.78, 5) is 13.5. The van der Waals surface area contributed by atoms with Gasteiger partial charge < -0.3 is 0 Å². The quantitative estimate of drug-likeness (QED) is 0.731. The van der Waals surface area contributed by atoms with Crippen LogP contribution in [-0.4, -0.2) is 42.8 Å². The van der Waals surface area contributed by atoms with Crippen molar-refractivity contribution in [2.24, 2.45) is 7.05 Å². The molecule has 1 fully saturated rings. The highest BCUT2D eigenvalue weighted by Crippen LogP contribution is 2.32. The predicted molar refractivity (Wildman–Crippen MR) is 63.5 cm³/mol. The third kappa shape index (κ3) is 2.36. The lowest BCUT2D eigenvalue weighted by Gasteiger charge is -2.25. The van der Waals surface area contributed by atoms with Crippen LogP contribution in [0.5, 0.6) is 0 Å². The summed E-state index contributed by atoms with van der Waals surface area (Å²) in [6.07, 6.45) is 1.55. The second kappa shape index (κ2) is 4.57. The molecule has 2 unspecified atom stereocenters. The van der Waals surface area contributed by atoms with Gasteiger partial charge in [0.1, 0.15) is 5.69 Å². The first-order valence-corrected chi connectivity index (χ1v) is 6.92. The lowest BCUT2D eigenvalue weighted by molar-refractivity contribution is 0.0984. The molecule has 0 amide bonds. The average molecular weight is 243 g/mol. The van der Waals surface area contributed by atoms with Crippen LogP contribution in [-0.2, 0) is 7.05 Å². The lowest BCUT2D eigenvalue weighted by Crippen LogP contribution is -2.31. The van der Waals surface area contributed by atoms with Gasteiger partial charge in [-0.3, -0.25) is 4.79 Å². The maximum atomic E-state index is 12.1. The third-order valence-corrected chi connectivity index (χ3v) is 5.39. The summed E-state index contributed by atoms with van der Waals surface area (Å²) in [6.45, 7) is 2.11. The molecule has 0 saturated carbocycles. The Balaban J connectivity index is 2.13. The van der Waals surface area contributed by atoms with Crippen molar-refractivity contribution in [3.63, 3.8) is 0 Å². The molecule has 1 saturated heterocycles. The molecule has 2 heterocycles. The minimum atomic E-state index is 0.0421. The molecule has 0 radical (unpaired) electrons. The summed E-state index contributed by atoms with van der Waals surface area (Å²) in [5.74, 6) is 2.30. The maximum absolute atomic E-state index is 12.1. The minimum absolute atomic E-state index is 0.0421. The van der Waals surface area contributed by atoms with Crippen LogP contribution in [0.4, 0.5) is 0 Å². The monoisotopic (exact) mass is 243 g/mol.